The fourth-order valence-electron chi connectivity index (χ4n) is 10.1. The molecule has 0 bridgehead atoms. The largest absolute Gasteiger partial charge is 3.00 e. The van der Waals surface area contributed by atoms with E-state index in [1.807, 2.05) is 0 Å². The second-order valence-electron chi connectivity index (χ2n) is 18.5. The Morgan fingerprint density at radius 2 is 0.400 bits per heavy atom. The second kappa shape index (κ2) is 38.6. The van der Waals surface area contributed by atoms with Crippen molar-refractivity contribution in [3.05, 3.63) is 0 Å². The van der Waals surface area contributed by atoms with Gasteiger partial charge in [-0.05, 0) is 38.5 Å². The van der Waals surface area contributed by atoms with Gasteiger partial charge in [0, 0.05) is 161 Å². The Hall–Kier alpha value is -1.99. The van der Waals surface area contributed by atoms with Gasteiger partial charge < -0.3 is 89.8 Å². The van der Waals surface area contributed by atoms with Crippen molar-refractivity contribution < 1.29 is 159 Å². The molecule has 2 aliphatic rings. The molecule has 0 aliphatic carbocycles. The van der Waals surface area contributed by atoms with E-state index in [9.17, 15) is 79.2 Å². The Kier molecular flexibility index (Phi) is 37.6. The maximum absolute atomic E-state index is 12.9. The summed E-state index contributed by atoms with van der Waals surface area (Å²) in [6, 6.07) is -9.43. The molecule has 2 N–H and O–H groups in total. The Bertz CT molecular complexity index is 1580. The van der Waals surface area contributed by atoms with Gasteiger partial charge >= 0.3 is 79.9 Å². The molecule has 8 unspecified atom stereocenters. The average molecular weight is 1350 g/mol. The smallest absolute Gasteiger partial charge is 0.548 e. The number of aliphatic carboxylic acids is 8. The molecule has 2 saturated heterocycles. The number of carboxylic acid groups (broad SMARTS) is 8. The molecule has 2 fully saturated rings. The molecule has 0 amide bonds. The summed E-state index contributed by atoms with van der Waals surface area (Å²) in [4.78, 5) is 112. The van der Waals surface area contributed by atoms with Crippen LogP contribution >= 0.6 is 0 Å². The van der Waals surface area contributed by atoms with Crippen molar-refractivity contribution in [2.24, 2.45) is 0 Å². The van der Waals surface area contributed by atoms with E-state index in [0.717, 1.165) is 0 Å². The van der Waals surface area contributed by atoms with Crippen molar-refractivity contribution in [3.63, 3.8) is 0 Å². The summed E-state index contributed by atoms with van der Waals surface area (Å²) in [7, 11) is 0. The molecule has 0 saturated carbocycles. The number of hydrogen-bond donors (Lipinski definition) is 2. The van der Waals surface area contributed by atoms with Crippen LogP contribution in [0.1, 0.15) is 80.1 Å². The summed E-state index contributed by atoms with van der Waals surface area (Å²) in [5.74, 6) is -11.3. The third-order valence-electron chi connectivity index (χ3n) is 14.3. The van der Waals surface area contributed by atoms with Crippen LogP contribution in [0.25, 0.3) is 0 Å². The Labute approximate surface area is 505 Å². The van der Waals surface area contributed by atoms with Crippen molar-refractivity contribution in [1.82, 2.24) is 49.8 Å². The number of nitrogens with zero attached hydrogens (tertiary/aromatic N) is 8. The Morgan fingerprint density at radius 1 is 0.280 bits per heavy atom. The topological polar surface area (TPSA) is 371 Å². The SMILES string of the molecule is CCC(C(=O)[O-])N1CCN(C(CC)C(=O)[O-])CCN(C(CNCNCC(C(=O)[O-])N2CCN(C(CC)C(=O)[O-])CCN(C(CC)C(=O)[O-])CCN(C(CC)C(=O)[O-])CC2)C(=O)[O-])CCN(C(CC)C(=O)[O-])CC1.[Gd+3].[Gd+3]. The Morgan fingerprint density at radius 3 is 0.507 bits per heavy atom. The van der Waals surface area contributed by atoms with Gasteiger partial charge in [-0.25, -0.2) is 0 Å². The molecule has 75 heavy (non-hydrogen) atoms. The molecule has 2 rings (SSSR count). The summed E-state index contributed by atoms with van der Waals surface area (Å²) in [5.41, 5.74) is 0. The van der Waals surface area contributed by atoms with Crippen LogP contribution in [0.2, 0.25) is 0 Å². The Balaban J connectivity index is 0.0000274. The fourth-order valence-corrected chi connectivity index (χ4v) is 10.1. The van der Waals surface area contributed by atoms with Crippen LogP contribution in [-0.4, -0.2) is 260 Å². The van der Waals surface area contributed by atoms with E-state index in [-0.39, 0.29) is 243 Å². The molecule has 28 heteroatoms. The van der Waals surface area contributed by atoms with Crippen molar-refractivity contribution in [1.29, 1.82) is 0 Å². The van der Waals surface area contributed by atoms with Crippen LogP contribution < -0.4 is 51.5 Å². The van der Waals surface area contributed by atoms with Gasteiger partial charge in [-0.2, -0.15) is 0 Å². The molecule has 26 nitrogen and oxygen atoms in total. The second-order valence-corrected chi connectivity index (χ2v) is 18.5. The third kappa shape index (κ3) is 23.7. The molecule has 2 radical (unpaired) electrons. The summed E-state index contributed by atoms with van der Waals surface area (Å²) in [6.07, 6.45) is 0.741. The number of carbonyl (C=O) groups excluding carboxylic acids is 8. The number of hydrogen-bond acceptors (Lipinski definition) is 26. The summed E-state index contributed by atoms with van der Waals surface area (Å²) in [6.45, 7) is 9.00. The van der Waals surface area contributed by atoms with Gasteiger partial charge in [-0.3, -0.25) is 39.2 Å². The minimum Gasteiger partial charge on any atom is -0.548 e. The molecule has 0 aromatic heterocycles. The van der Waals surface area contributed by atoms with E-state index >= 15 is 0 Å². The van der Waals surface area contributed by atoms with Crippen LogP contribution in [-0.2, 0) is 38.4 Å². The molecular formula is C47H78Gd2N10O16-2. The van der Waals surface area contributed by atoms with Gasteiger partial charge in [0.25, 0.3) is 0 Å². The summed E-state index contributed by atoms with van der Waals surface area (Å²) < 4.78 is 0. The normalized spacial score (nSPS) is 21.0. The molecule has 2 aliphatic heterocycles. The van der Waals surface area contributed by atoms with Gasteiger partial charge in [-0.1, -0.05) is 41.5 Å². The molecule has 0 aromatic carbocycles. The summed E-state index contributed by atoms with van der Waals surface area (Å²) >= 11 is 0. The van der Waals surface area contributed by atoms with Crippen molar-refractivity contribution in [3.8, 4) is 0 Å². The van der Waals surface area contributed by atoms with Crippen LogP contribution in [0.15, 0.2) is 0 Å². The maximum atomic E-state index is 12.9. The monoisotopic (exact) mass is 1350 g/mol. The van der Waals surface area contributed by atoms with Crippen molar-refractivity contribution in [2.45, 2.75) is 128 Å². The van der Waals surface area contributed by atoms with E-state index in [0.29, 0.717) is 0 Å². The number of nitrogens with one attached hydrogen (secondary N) is 2. The van der Waals surface area contributed by atoms with Crippen LogP contribution in [0, 0.1) is 79.9 Å². The van der Waals surface area contributed by atoms with Gasteiger partial charge in [0.05, 0.1) is 59.8 Å². The fraction of sp³-hybridized carbons (Fsp3) is 0.830. The minimum absolute atomic E-state index is 0. The first-order valence-corrected chi connectivity index (χ1v) is 25.6. The molecule has 2 heterocycles. The van der Waals surface area contributed by atoms with Gasteiger partial charge in [0.1, 0.15) is 0 Å². The minimum atomic E-state index is -1.53. The molecule has 0 aromatic rings. The zero-order valence-electron chi connectivity index (χ0n) is 44.1. The van der Waals surface area contributed by atoms with E-state index in [1.165, 1.54) is 9.80 Å². The first-order chi connectivity index (χ1) is 34.6. The molecule has 8 atom stereocenters. The molecule has 0 spiro atoms. The molecular weight excluding hydrogens is 1280 g/mol. The van der Waals surface area contributed by atoms with Crippen LogP contribution in [0.3, 0.4) is 0 Å². The van der Waals surface area contributed by atoms with E-state index < -0.39 is 96.1 Å². The zero-order valence-corrected chi connectivity index (χ0v) is 48.7. The molecule has 430 valence electrons. The predicted molar refractivity (Wildman–Crippen MR) is 246 cm³/mol. The number of carboxylic acids is 8. The van der Waals surface area contributed by atoms with Crippen molar-refractivity contribution >= 4 is 47.8 Å². The summed E-state index contributed by atoms with van der Waals surface area (Å²) in [5, 5.41) is 105. The van der Waals surface area contributed by atoms with Crippen LogP contribution in [0.4, 0.5) is 0 Å². The quantitative estimate of drug-likeness (QED) is 0.0542. The average Bonchev–Trinajstić information content (AvgIpc) is 3.31. The van der Waals surface area contributed by atoms with E-state index in [1.54, 1.807) is 70.9 Å². The standard InChI is InChI=1S/C47H86N10O16.2Gd/c1-7-32(40(58)59)50-13-17-52(34(9-3)42(62)63)21-25-56(26-22-53(18-14-50)35(10-4)43(64)65)38(46(70)71)29-48-31-49-30-39(47(72)73)57-27-23-54(36(11-5)44(66)67)19-15-51(33(8-2)41(60)61)16-20-55(24-28-57)37(12-6)45(68)69;;/h32-39,48-49H,7-31H2,1-6H3,(H,58,59)(H,60,61)(H,62,63)(H,64,65)(H,66,67)(H,68,69)(H,70,71)(H,72,73);;/q;2*+3/p-8. The van der Waals surface area contributed by atoms with E-state index in [2.05, 4.69) is 10.6 Å². The predicted octanol–water partition coefficient (Wildman–Crippen LogP) is -12.0. The third-order valence-corrected chi connectivity index (χ3v) is 14.3. The van der Waals surface area contributed by atoms with Gasteiger partial charge in [0.2, 0.25) is 0 Å². The van der Waals surface area contributed by atoms with Gasteiger partial charge in [0.15, 0.2) is 0 Å². The van der Waals surface area contributed by atoms with E-state index in [4.69, 9.17) is 0 Å². The van der Waals surface area contributed by atoms with Crippen molar-refractivity contribution in [2.75, 3.05) is 124 Å². The number of rotatable bonds is 28. The number of carbonyl (C=O) groups is 8. The van der Waals surface area contributed by atoms with Crippen LogP contribution in [0.5, 0.6) is 0 Å². The maximum Gasteiger partial charge on any atom is 3.00 e. The van der Waals surface area contributed by atoms with Gasteiger partial charge in [-0.15, -0.1) is 0 Å². The first-order valence-electron chi connectivity index (χ1n) is 25.6. The first kappa shape index (κ1) is 73.0. The zero-order chi connectivity index (χ0) is 54.9.